The minimum atomic E-state index is -0.0719. The largest absolute Gasteiger partial charge is 0.469 e. The van der Waals surface area contributed by atoms with Crippen molar-refractivity contribution in [2.45, 2.75) is 13.0 Å². The van der Waals surface area contributed by atoms with Crippen LogP contribution in [0.4, 0.5) is 5.82 Å². The SMILES string of the molecule is CC(Oc1cncc(N)n1)c1ccccc1. The van der Waals surface area contributed by atoms with Gasteiger partial charge in [0.1, 0.15) is 11.9 Å². The molecule has 82 valence electrons. The maximum Gasteiger partial charge on any atom is 0.234 e. The van der Waals surface area contributed by atoms with Crippen molar-refractivity contribution in [3.63, 3.8) is 0 Å². The molecule has 0 spiro atoms. The maximum absolute atomic E-state index is 5.63. The molecule has 1 heterocycles. The maximum atomic E-state index is 5.63. The highest BCUT2D eigenvalue weighted by Crippen LogP contribution is 2.19. The van der Waals surface area contributed by atoms with Gasteiger partial charge in [-0.1, -0.05) is 30.3 Å². The molecule has 1 aromatic carbocycles. The van der Waals surface area contributed by atoms with Crippen molar-refractivity contribution >= 4 is 5.82 Å². The zero-order valence-corrected chi connectivity index (χ0v) is 9.00. The van der Waals surface area contributed by atoms with Gasteiger partial charge in [-0.25, -0.2) is 0 Å². The Morgan fingerprint density at radius 1 is 1.19 bits per heavy atom. The number of hydrogen-bond acceptors (Lipinski definition) is 4. The monoisotopic (exact) mass is 215 g/mol. The summed E-state index contributed by atoms with van der Waals surface area (Å²) in [4.78, 5) is 7.95. The Morgan fingerprint density at radius 3 is 2.62 bits per heavy atom. The molecule has 0 aliphatic heterocycles. The van der Waals surface area contributed by atoms with Crippen LogP contribution in [-0.4, -0.2) is 9.97 Å². The van der Waals surface area contributed by atoms with Crippen LogP contribution in [0, 0.1) is 0 Å². The molecule has 2 aromatic rings. The molecule has 0 amide bonds. The molecule has 1 unspecified atom stereocenters. The Balaban J connectivity index is 2.11. The number of ether oxygens (including phenoxy) is 1. The van der Waals surface area contributed by atoms with Crippen molar-refractivity contribution in [2.75, 3.05) is 5.73 Å². The number of nitrogens with two attached hydrogens (primary N) is 1. The fourth-order valence-electron chi connectivity index (χ4n) is 1.39. The minimum Gasteiger partial charge on any atom is -0.469 e. The second-order valence-electron chi connectivity index (χ2n) is 3.45. The van der Waals surface area contributed by atoms with Crippen LogP contribution < -0.4 is 10.5 Å². The van der Waals surface area contributed by atoms with Gasteiger partial charge in [0, 0.05) is 0 Å². The van der Waals surface area contributed by atoms with E-state index < -0.39 is 0 Å². The van der Waals surface area contributed by atoms with E-state index in [0.29, 0.717) is 11.7 Å². The molecule has 0 fully saturated rings. The number of nitrogen functional groups attached to an aromatic ring is 1. The summed E-state index contributed by atoms with van der Waals surface area (Å²) in [6.45, 7) is 1.96. The van der Waals surface area contributed by atoms with Crippen LogP contribution in [0.3, 0.4) is 0 Å². The van der Waals surface area contributed by atoms with Gasteiger partial charge >= 0.3 is 0 Å². The van der Waals surface area contributed by atoms with Crippen LogP contribution >= 0.6 is 0 Å². The van der Waals surface area contributed by atoms with Crippen LogP contribution in [-0.2, 0) is 0 Å². The molecule has 1 atom stereocenters. The molecule has 0 radical (unpaired) electrons. The van der Waals surface area contributed by atoms with E-state index in [2.05, 4.69) is 9.97 Å². The van der Waals surface area contributed by atoms with Crippen molar-refractivity contribution < 1.29 is 4.74 Å². The van der Waals surface area contributed by atoms with E-state index in [1.807, 2.05) is 37.3 Å². The van der Waals surface area contributed by atoms with Gasteiger partial charge in [-0.05, 0) is 12.5 Å². The number of nitrogens with zero attached hydrogens (tertiary/aromatic N) is 2. The molecular formula is C12H13N3O. The number of hydrogen-bond donors (Lipinski definition) is 1. The van der Waals surface area contributed by atoms with Crippen molar-refractivity contribution in [1.29, 1.82) is 0 Å². The highest BCUT2D eigenvalue weighted by atomic mass is 16.5. The number of aromatic nitrogens is 2. The smallest absolute Gasteiger partial charge is 0.234 e. The fraction of sp³-hybridized carbons (Fsp3) is 0.167. The Bertz CT molecular complexity index is 459. The van der Waals surface area contributed by atoms with Gasteiger partial charge in [-0.3, -0.25) is 4.98 Å². The summed E-state index contributed by atoms with van der Waals surface area (Å²) in [7, 11) is 0. The first-order chi connectivity index (χ1) is 7.75. The summed E-state index contributed by atoms with van der Waals surface area (Å²) >= 11 is 0. The Labute approximate surface area is 94.1 Å². The Morgan fingerprint density at radius 2 is 1.94 bits per heavy atom. The third kappa shape index (κ3) is 2.48. The molecule has 1 aromatic heterocycles. The minimum absolute atomic E-state index is 0.0719. The first-order valence-corrected chi connectivity index (χ1v) is 5.05. The van der Waals surface area contributed by atoms with E-state index in [1.165, 1.54) is 6.20 Å². The Kier molecular flexibility index (Phi) is 3.00. The van der Waals surface area contributed by atoms with Crippen LogP contribution in [0.5, 0.6) is 5.88 Å². The Hall–Kier alpha value is -2.10. The molecule has 0 saturated heterocycles. The van der Waals surface area contributed by atoms with Crippen LogP contribution in [0.25, 0.3) is 0 Å². The van der Waals surface area contributed by atoms with Crippen molar-refractivity contribution in [2.24, 2.45) is 0 Å². The van der Waals surface area contributed by atoms with Crippen LogP contribution in [0.2, 0.25) is 0 Å². The lowest BCUT2D eigenvalue weighted by atomic mass is 10.1. The van der Waals surface area contributed by atoms with E-state index in [4.69, 9.17) is 10.5 Å². The first-order valence-electron chi connectivity index (χ1n) is 5.05. The third-order valence-corrected chi connectivity index (χ3v) is 2.20. The summed E-state index contributed by atoms with van der Waals surface area (Å²) in [5.41, 5.74) is 6.61. The van der Waals surface area contributed by atoms with E-state index in [0.717, 1.165) is 5.56 Å². The molecule has 2 rings (SSSR count). The standard InChI is InChI=1S/C12H13N3O/c1-9(10-5-3-2-4-6-10)16-12-8-14-7-11(13)15-12/h2-9H,1H3,(H2,13,15). The average Bonchev–Trinajstić information content (AvgIpc) is 2.30. The normalized spacial score (nSPS) is 12.1. The van der Waals surface area contributed by atoms with Gasteiger partial charge < -0.3 is 10.5 Å². The van der Waals surface area contributed by atoms with Gasteiger partial charge in [0.05, 0.1) is 12.4 Å². The van der Waals surface area contributed by atoms with Gasteiger partial charge in [0.25, 0.3) is 0 Å². The molecule has 4 nitrogen and oxygen atoms in total. The molecule has 16 heavy (non-hydrogen) atoms. The molecule has 0 saturated carbocycles. The number of anilines is 1. The van der Waals surface area contributed by atoms with Crippen molar-refractivity contribution in [3.8, 4) is 5.88 Å². The third-order valence-electron chi connectivity index (χ3n) is 2.20. The highest BCUT2D eigenvalue weighted by Gasteiger charge is 2.07. The zero-order chi connectivity index (χ0) is 11.4. The number of rotatable bonds is 3. The van der Waals surface area contributed by atoms with Gasteiger partial charge in [0.15, 0.2) is 0 Å². The lowest BCUT2D eigenvalue weighted by molar-refractivity contribution is 0.217. The van der Waals surface area contributed by atoms with Crippen LogP contribution in [0.15, 0.2) is 42.7 Å². The summed E-state index contributed by atoms with van der Waals surface area (Å²) < 4.78 is 5.63. The van der Waals surface area contributed by atoms with E-state index >= 15 is 0 Å². The molecule has 0 bridgehead atoms. The molecule has 2 N–H and O–H groups in total. The topological polar surface area (TPSA) is 61.0 Å². The molecule has 4 heteroatoms. The first kappa shape index (κ1) is 10.4. The van der Waals surface area contributed by atoms with E-state index in [1.54, 1.807) is 6.20 Å². The van der Waals surface area contributed by atoms with Crippen molar-refractivity contribution in [1.82, 2.24) is 9.97 Å². The van der Waals surface area contributed by atoms with Crippen LogP contribution in [0.1, 0.15) is 18.6 Å². The second-order valence-corrected chi connectivity index (χ2v) is 3.45. The summed E-state index contributed by atoms with van der Waals surface area (Å²) in [5, 5.41) is 0. The van der Waals surface area contributed by atoms with Gasteiger partial charge in [-0.15, -0.1) is 0 Å². The molecular weight excluding hydrogens is 202 g/mol. The van der Waals surface area contributed by atoms with Gasteiger partial charge in [-0.2, -0.15) is 4.98 Å². The summed E-state index contributed by atoms with van der Waals surface area (Å²) in [5.74, 6) is 0.800. The lowest BCUT2D eigenvalue weighted by Crippen LogP contribution is -2.05. The van der Waals surface area contributed by atoms with E-state index in [-0.39, 0.29) is 6.10 Å². The lowest BCUT2D eigenvalue weighted by Gasteiger charge is -2.13. The summed E-state index contributed by atoms with van der Waals surface area (Å²) in [6, 6.07) is 9.92. The molecule has 0 aliphatic rings. The number of benzene rings is 1. The van der Waals surface area contributed by atoms with Crippen molar-refractivity contribution in [3.05, 3.63) is 48.3 Å². The average molecular weight is 215 g/mol. The summed E-state index contributed by atoms with van der Waals surface area (Å²) in [6.07, 6.45) is 2.97. The quantitative estimate of drug-likeness (QED) is 0.852. The van der Waals surface area contributed by atoms with E-state index in [9.17, 15) is 0 Å². The van der Waals surface area contributed by atoms with Gasteiger partial charge in [0.2, 0.25) is 5.88 Å². The molecule has 0 aliphatic carbocycles. The zero-order valence-electron chi connectivity index (χ0n) is 9.00. The second kappa shape index (κ2) is 4.61. The fourth-order valence-corrected chi connectivity index (χ4v) is 1.39. The highest BCUT2D eigenvalue weighted by molar-refractivity contribution is 5.26. The predicted molar refractivity (Wildman–Crippen MR) is 61.9 cm³/mol. The predicted octanol–water partition coefficient (Wildman–Crippen LogP) is 2.20.